The maximum absolute atomic E-state index is 11.3. The fourth-order valence-electron chi connectivity index (χ4n) is 4.41. The number of ether oxygens (including phenoxy) is 2. The van der Waals surface area contributed by atoms with Crippen LogP contribution in [0, 0.1) is 0 Å². The molecule has 1 saturated heterocycles. The van der Waals surface area contributed by atoms with Crippen molar-refractivity contribution in [3.63, 3.8) is 0 Å². The van der Waals surface area contributed by atoms with E-state index in [4.69, 9.17) is 21.1 Å². The van der Waals surface area contributed by atoms with Crippen LogP contribution in [0.4, 0.5) is 5.69 Å². The number of halogens is 1. The number of hydrogen-bond donors (Lipinski definition) is 2. The zero-order valence-corrected chi connectivity index (χ0v) is 18.5. The zero-order valence-electron chi connectivity index (χ0n) is 17.8. The number of nitrogens with zero attached hydrogens (tertiary/aromatic N) is 1. The van der Waals surface area contributed by atoms with E-state index in [1.54, 1.807) is 12.1 Å². The van der Waals surface area contributed by atoms with Crippen LogP contribution in [-0.2, 0) is 11.2 Å². The van der Waals surface area contributed by atoms with Crippen molar-refractivity contribution >= 4 is 23.2 Å². The van der Waals surface area contributed by atoms with Crippen molar-refractivity contribution in [2.75, 3.05) is 31.6 Å². The minimum atomic E-state index is -0.616. The molecule has 1 atom stereocenters. The topological polar surface area (TPSA) is 71.0 Å². The number of aliphatic hydroxyl groups excluding tert-OH is 1. The number of amides is 1. The third-order valence-electron chi connectivity index (χ3n) is 6.06. The van der Waals surface area contributed by atoms with Crippen molar-refractivity contribution in [1.29, 1.82) is 0 Å². The molecule has 2 N–H and O–H groups in total. The van der Waals surface area contributed by atoms with Crippen molar-refractivity contribution in [2.45, 2.75) is 44.3 Å². The Bertz CT molecular complexity index is 928. The molecule has 0 bridgehead atoms. The van der Waals surface area contributed by atoms with E-state index >= 15 is 0 Å². The van der Waals surface area contributed by atoms with E-state index in [1.807, 2.05) is 30.3 Å². The second-order valence-corrected chi connectivity index (χ2v) is 8.92. The molecule has 6 nitrogen and oxygen atoms in total. The van der Waals surface area contributed by atoms with Gasteiger partial charge in [0.05, 0.1) is 5.69 Å². The molecule has 2 aliphatic heterocycles. The largest absolute Gasteiger partial charge is 0.489 e. The summed E-state index contributed by atoms with van der Waals surface area (Å²) in [5.41, 5.74) is 1.68. The number of β-amino-alcohol motifs (C(OH)–C–C–N with tert-alkyl or cyclic N) is 1. The Kier molecular flexibility index (Phi) is 6.70. The molecule has 7 heteroatoms. The highest BCUT2D eigenvalue weighted by Crippen LogP contribution is 2.40. The second kappa shape index (κ2) is 9.47. The van der Waals surface area contributed by atoms with Gasteiger partial charge in [-0.05, 0) is 61.6 Å². The summed E-state index contributed by atoms with van der Waals surface area (Å²) in [6.45, 7) is 3.93. The number of hydrogen-bond acceptors (Lipinski definition) is 5. The van der Waals surface area contributed by atoms with Gasteiger partial charge in [-0.2, -0.15) is 0 Å². The first-order valence-electron chi connectivity index (χ1n) is 10.8. The van der Waals surface area contributed by atoms with Gasteiger partial charge in [0.25, 0.3) is 0 Å². The van der Waals surface area contributed by atoms with Crippen LogP contribution in [0.3, 0.4) is 0 Å². The third kappa shape index (κ3) is 5.50. The highest BCUT2D eigenvalue weighted by molar-refractivity contribution is 6.30. The van der Waals surface area contributed by atoms with Gasteiger partial charge in [-0.3, -0.25) is 4.79 Å². The summed E-state index contributed by atoms with van der Waals surface area (Å²) in [5, 5.41) is 14.0. The van der Waals surface area contributed by atoms with Crippen LogP contribution < -0.4 is 14.8 Å². The van der Waals surface area contributed by atoms with Crippen LogP contribution in [-0.4, -0.2) is 53.9 Å². The molecule has 166 valence electrons. The minimum Gasteiger partial charge on any atom is -0.489 e. The molecule has 0 radical (unpaired) electrons. The van der Waals surface area contributed by atoms with Gasteiger partial charge in [-0.25, -0.2) is 0 Å². The van der Waals surface area contributed by atoms with Gasteiger partial charge in [0.15, 0.2) is 0 Å². The summed E-state index contributed by atoms with van der Waals surface area (Å²) in [6.07, 6.45) is 3.25. The molecule has 1 spiro atoms. The Hall–Kier alpha value is -2.28. The van der Waals surface area contributed by atoms with E-state index < -0.39 is 6.10 Å². The molecular formula is C24H29ClN2O4. The van der Waals surface area contributed by atoms with E-state index in [9.17, 15) is 9.90 Å². The first-order chi connectivity index (χ1) is 14.9. The maximum Gasteiger partial charge on any atom is 0.221 e. The van der Waals surface area contributed by atoms with Crippen molar-refractivity contribution in [2.24, 2.45) is 0 Å². The normalized spacial score (nSPS) is 18.7. The molecule has 2 heterocycles. The molecule has 0 unspecified atom stereocenters. The summed E-state index contributed by atoms with van der Waals surface area (Å²) in [5.74, 6) is 1.36. The molecule has 31 heavy (non-hydrogen) atoms. The number of likely N-dealkylation sites (tertiary alicyclic amines) is 1. The molecule has 2 aliphatic rings. The van der Waals surface area contributed by atoms with Gasteiger partial charge in [0.1, 0.15) is 29.8 Å². The molecule has 0 aromatic heterocycles. The molecule has 0 saturated carbocycles. The Morgan fingerprint density at radius 3 is 2.81 bits per heavy atom. The van der Waals surface area contributed by atoms with Crippen LogP contribution in [0.5, 0.6) is 11.5 Å². The summed E-state index contributed by atoms with van der Waals surface area (Å²) < 4.78 is 12.2. The van der Waals surface area contributed by atoms with Crippen LogP contribution in [0.2, 0.25) is 5.02 Å². The molecule has 2 aromatic rings. The van der Waals surface area contributed by atoms with Gasteiger partial charge >= 0.3 is 0 Å². The minimum absolute atomic E-state index is 0.115. The highest BCUT2D eigenvalue weighted by atomic mass is 35.5. The lowest BCUT2D eigenvalue weighted by Gasteiger charge is -2.45. The van der Waals surface area contributed by atoms with Gasteiger partial charge < -0.3 is 24.8 Å². The first kappa shape index (κ1) is 21.9. The summed E-state index contributed by atoms with van der Waals surface area (Å²) >= 11 is 6.10. The maximum atomic E-state index is 11.3. The first-order valence-corrected chi connectivity index (χ1v) is 11.2. The van der Waals surface area contributed by atoms with Gasteiger partial charge in [-0.15, -0.1) is 0 Å². The number of fused-ring (bicyclic) bond motifs is 1. The van der Waals surface area contributed by atoms with Crippen LogP contribution in [0.1, 0.15) is 31.7 Å². The van der Waals surface area contributed by atoms with E-state index in [0.29, 0.717) is 18.0 Å². The molecular weight excluding hydrogens is 416 g/mol. The van der Waals surface area contributed by atoms with E-state index in [-0.39, 0.29) is 18.1 Å². The Morgan fingerprint density at radius 1 is 1.26 bits per heavy atom. The number of piperidine rings is 1. The molecule has 4 rings (SSSR count). The zero-order chi connectivity index (χ0) is 21.8. The van der Waals surface area contributed by atoms with Gasteiger partial charge in [-0.1, -0.05) is 23.7 Å². The quantitative estimate of drug-likeness (QED) is 0.707. The number of nitrogens with one attached hydrogen (secondary N) is 1. The number of benzene rings is 2. The number of aliphatic hydroxyl groups is 1. The van der Waals surface area contributed by atoms with Gasteiger partial charge in [0.2, 0.25) is 5.91 Å². The van der Waals surface area contributed by atoms with Crippen LogP contribution >= 0.6 is 11.6 Å². The lowest BCUT2D eigenvalue weighted by Crippen LogP contribution is -2.51. The summed E-state index contributed by atoms with van der Waals surface area (Å²) in [7, 11) is 0. The summed E-state index contributed by atoms with van der Waals surface area (Å²) in [4.78, 5) is 13.6. The standard InChI is InChI=1S/C24H29ClN2O4/c1-17(28)26-21-4-2-3-5-23(21)30-16-20(29)15-27-12-10-24(11-13-27)9-8-18-14-19(25)6-7-22(18)31-24/h2-7,14,20,29H,8-13,15-16H2,1H3,(H,26,28)/t20-/m0/s1. The third-order valence-corrected chi connectivity index (χ3v) is 6.30. The second-order valence-electron chi connectivity index (χ2n) is 8.48. The Morgan fingerprint density at radius 2 is 2.03 bits per heavy atom. The smallest absolute Gasteiger partial charge is 0.221 e. The van der Waals surface area contributed by atoms with Crippen LogP contribution in [0.15, 0.2) is 42.5 Å². The SMILES string of the molecule is CC(=O)Nc1ccccc1OC[C@@H](O)CN1CCC2(CCc3cc(Cl)ccc3O2)CC1. The Labute approximate surface area is 188 Å². The van der Waals surface area contributed by atoms with Crippen molar-refractivity contribution in [3.8, 4) is 11.5 Å². The monoisotopic (exact) mass is 444 g/mol. The number of para-hydroxylation sites is 2. The van der Waals surface area contributed by atoms with E-state index in [0.717, 1.165) is 49.5 Å². The number of aryl methyl sites for hydroxylation is 1. The predicted octanol–water partition coefficient (Wildman–Crippen LogP) is 3.90. The highest BCUT2D eigenvalue weighted by Gasteiger charge is 2.39. The fourth-order valence-corrected chi connectivity index (χ4v) is 4.60. The fraction of sp³-hybridized carbons (Fsp3) is 0.458. The predicted molar refractivity (Wildman–Crippen MR) is 121 cm³/mol. The lowest BCUT2D eigenvalue weighted by molar-refractivity contribution is -0.114. The number of anilines is 1. The summed E-state index contributed by atoms with van der Waals surface area (Å²) in [6, 6.07) is 13.1. The average Bonchev–Trinajstić information content (AvgIpc) is 2.75. The number of carbonyl (C=O) groups is 1. The molecule has 1 fully saturated rings. The van der Waals surface area contributed by atoms with Crippen molar-refractivity contribution < 1.29 is 19.4 Å². The Balaban J connectivity index is 1.26. The number of rotatable bonds is 6. The van der Waals surface area contributed by atoms with Gasteiger partial charge in [0, 0.05) is 31.6 Å². The number of carbonyl (C=O) groups excluding carboxylic acids is 1. The van der Waals surface area contributed by atoms with Crippen molar-refractivity contribution in [1.82, 2.24) is 4.90 Å². The molecule has 2 aromatic carbocycles. The molecule has 0 aliphatic carbocycles. The molecule has 1 amide bonds. The van der Waals surface area contributed by atoms with E-state index in [1.165, 1.54) is 12.5 Å². The van der Waals surface area contributed by atoms with E-state index in [2.05, 4.69) is 10.2 Å². The average molecular weight is 445 g/mol. The lowest BCUT2D eigenvalue weighted by atomic mass is 9.83. The van der Waals surface area contributed by atoms with Crippen LogP contribution in [0.25, 0.3) is 0 Å². The van der Waals surface area contributed by atoms with Crippen molar-refractivity contribution in [3.05, 3.63) is 53.1 Å².